The van der Waals surface area contributed by atoms with Gasteiger partial charge in [-0.2, -0.15) is 0 Å². The van der Waals surface area contributed by atoms with Gasteiger partial charge in [-0.3, -0.25) is 4.79 Å². The fourth-order valence-electron chi connectivity index (χ4n) is 2.40. The third kappa shape index (κ3) is 2.57. The quantitative estimate of drug-likeness (QED) is 0.582. The summed E-state index contributed by atoms with van der Waals surface area (Å²) in [5.74, 6) is -0.0915. The molecule has 0 aromatic heterocycles. The number of amides is 1. The summed E-state index contributed by atoms with van der Waals surface area (Å²) in [6.07, 6.45) is 1.73. The van der Waals surface area contributed by atoms with E-state index < -0.39 is 0 Å². The van der Waals surface area contributed by atoms with Crippen LogP contribution in [-0.4, -0.2) is 11.0 Å². The number of halogens is 3. The standard InChI is InChI=1S/C16H10Br2ClNO2/c1-7-11(17)6-12(18)15-14(7)10(16(22)20-15)4-8-2-3-9(21)5-13(8)19/h2-6,21H,1H3,(H,20,22). The smallest absolute Gasteiger partial charge is 0.256 e. The van der Waals surface area contributed by atoms with E-state index in [4.69, 9.17) is 11.6 Å². The predicted octanol–water partition coefficient (Wildman–Crippen LogP) is 5.37. The fourth-order valence-corrected chi connectivity index (χ4v) is 3.89. The highest BCUT2D eigenvalue weighted by atomic mass is 79.9. The monoisotopic (exact) mass is 441 g/mol. The first-order valence-corrected chi connectivity index (χ1v) is 8.35. The molecule has 1 heterocycles. The molecule has 1 aliphatic heterocycles. The molecule has 2 N–H and O–H groups in total. The van der Waals surface area contributed by atoms with Gasteiger partial charge in [0.1, 0.15) is 5.75 Å². The third-order valence-corrected chi connectivity index (χ3v) is 5.29. The second-order valence-corrected chi connectivity index (χ2v) is 7.05. The zero-order valence-corrected chi connectivity index (χ0v) is 15.3. The average Bonchev–Trinajstić information content (AvgIpc) is 2.77. The number of anilines is 1. The zero-order valence-electron chi connectivity index (χ0n) is 11.4. The Balaban J connectivity index is 2.22. The molecule has 3 nitrogen and oxygen atoms in total. The summed E-state index contributed by atoms with van der Waals surface area (Å²) in [5.41, 5.74) is 3.79. The lowest BCUT2D eigenvalue weighted by Crippen LogP contribution is -2.03. The lowest BCUT2D eigenvalue weighted by Gasteiger charge is -2.08. The second kappa shape index (κ2) is 5.72. The predicted molar refractivity (Wildman–Crippen MR) is 96.2 cm³/mol. The van der Waals surface area contributed by atoms with E-state index in [1.165, 1.54) is 12.1 Å². The molecule has 3 rings (SSSR count). The second-order valence-electron chi connectivity index (χ2n) is 4.93. The van der Waals surface area contributed by atoms with Gasteiger partial charge in [0.15, 0.2) is 0 Å². The minimum atomic E-state index is -0.180. The van der Waals surface area contributed by atoms with Crippen LogP contribution >= 0.6 is 43.5 Å². The van der Waals surface area contributed by atoms with Crippen molar-refractivity contribution < 1.29 is 9.90 Å². The number of fused-ring (bicyclic) bond motifs is 1. The Labute approximate surface area is 149 Å². The number of hydrogen-bond donors (Lipinski definition) is 2. The van der Waals surface area contributed by atoms with Crippen LogP contribution in [0.15, 0.2) is 33.2 Å². The number of benzene rings is 2. The normalized spacial score (nSPS) is 15.1. The van der Waals surface area contributed by atoms with Crippen molar-refractivity contribution in [2.45, 2.75) is 6.92 Å². The molecule has 0 saturated carbocycles. The van der Waals surface area contributed by atoms with Crippen molar-refractivity contribution >= 4 is 66.7 Å². The molecule has 0 unspecified atom stereocenters. The molecule has 0 spiro atoms. The van der Waals surface area contributed by atoms with E-state index in [0.717, 1.165) is 25.8 Å². The van der Waals surface area contributed by atoms with Crippen molar-refractivity contribution in [3.8, 4) is 5.75 Å². The van der Waals surface area contributed by atoms with Crippen LogP contribution in [0.4, 0.5) is 5.69 Å². The number of phenols is 1. The lowest BCUT2D eigenvalue weighted by atomic mass is 9.99. The molecule has 1 aliphatic rings. The molecule has 22 heavy (non-hydrogen) atoms. The van der Waals surface area contributed by atoms with Crippen LogP contribution in [0, 0.1) is 6.92 Å². The number of aromatic hydroxyl groups is 1. The SMILES string of the molecule is Cc1c(Br)cc(Br)c2c1C(=Cc1ccc(O)cc1Cl)C(=O)N2. The highest BCUT2D eigenvalue weighted by molar-refractivity contribution is 9.11. The first kappa shape index (κ1) is 15.6. The van der Waals surface area contributed by atoms with Crippen molar-refractivity contribution in [1.29, 1.82) is 0 Å². The highest BCUT2D eigenvalue weighted by Gasteiger charge is 2.29. The lowest BCUT2D eigenvalue weighted by molar-refractivity contribution is -0.110. The van der Waals surface area contributed by atoms with Gasteiger partial charge in [-0.05, 0) is 64.3 Å². The van der Waals surface area contributed by atoms with Crippen LogP contribution in [0.2, 0.25) is 5.02 Å². The Morgan fingerprint density at radius 2 is 1.95 bits per heavy atom. The van der Waals surface area contributed by atoms with Crippen LogP contribution in [0.5, 0.6) is 5.75 Å². The molecule has 2 aromatic rings. The van der Waals surface area contributed by atoms with E-state index >= 15 is 0 Å². The van der Waals surface area contributed by atoms with Gasteiger partial charge in [0.05, 0.1) is 10.7 Å². The number of carbonyl (C=O) groups excluding carboxylic acids is 1. The van der Waals surface area contributed by atoms with Gasteiger partial charge in [-0.1, -0.05) is 27.5 Å². The number of phenolic OH excluding ortho intramolecular Hbond substituents is 1. The van der Waals surface area contributed by atoms with E-state index in [9.17, 15) is 9.90 Å². The van der Waals surface area contributed by atoms with E-state index in [0.29, 0.717) is 16.2 Å². The molecule has 0 bridgehead atoms. The topological polar surface area (TPSA) is 49.3 Å². The van der Waals surface area contributed by atoms with Gasteiger partial charge in [-0.15, -0.1) is 0 Å². The molecule has 6 heteroatoms. The van der Waals surface area contributed by atoms with E-state index in [-0.39, 0.29) is 11.7 Å². The summed E-state index contributed by atoms with van der Waals surface area (Å²) in [6.45, 7) is 1.95. The molecule has 2 aromatic carbocycles. The van der Waals surface area contributed by atoms with Crippen molar-refractivity contribution in [1.82, 2.24) is 0 Å². The Morgan fingerprint density at radius 3 is 2.64 bits per heavy atom. The summed E-state index contributed by atoms with van der Waals surface area (Å²) in [7, 11) is 0. The molecule has 0 aliphatic carbocycles. The Bertz CT molecular complexity index is 847. The van der Waals surface area contributed by atoms with Crippen LogP contribution in [0.3, 0.4) is 0 Å². The zero-order chi connectivity index (χ0) is 16.0. The van der Waals surface area contributed by atoms with Crippen molar-refractivity contribution in [3.63, 3.8) is 0 Å². The minimum absolute atomic E-state index is 0.0880. The molecule has 0 fully saturated rings. The number of hydrogen-bond acceptors (Lipinski definition) is 2. The first-order valence-electron chi connectivity index (χ1n) is 6.39. The average molecular weight is 444 g/mol. The summed E-state index contributed by atoms with van der Waals surface area (Å²) < 4.78 is 1.73. The Morgan fingerprint density at radius 1 is 1.23 bits per heavy atom. The molecule has 0 radical (unpaired) electrons. The molecule has 0 atom stereocenters. The summed E-state index contributed by atoms with van der Waals surface area (Å²) in [4.78, 5) is 12.3. The van der Waals surface area contributed by atoms with Crippen LogP contribution in [0.1, 0.15) is 16.7 Å². The maximum Gasteiger partial charge on any atom is 0.256 e. The van der Waals surface area contributed by atoms with Crippen LogP contribution in [0.25, 0.3) is 11.6 Å². The van der Waals surface area contributed by atoms with Crippen molar-refractivity contribution in [2.24, 2.45) is 0 Å². The summed E-state index contributed by atoms with van der Waals surface area (Å²) >= 11 is 13.1. The van der Waals surface area contributed by atoms with Crippen molar-refractivity contribution in [2.75, 3.05) is 5.32 Å². The summed E-state index contributed by atoms with van der Waals surface area (Å²) in [6, 6.07) is 6.57. The summed E-state index contributed by atoms with van der Waals surface area (Å²) in [5, 5.41) is 12.7. The minimum Gasteiger partial charge on any atom is -0.508 e. The van der Waals surface area contributed by atoms with E-state index in [1.54, 1.807) is 12.1 Å². The largest absolute Gasteiger partial charge is 0.508 e. The van der Waals surface area contributed by atoms with Gasteiger partial charge in [0.2, 0.25) is 0 Å². The third-order valence-electron chi connectivity index (χ3n) is 3.51. The first-order chi connectivity index (χ1) is 10.4. The number of carbonyl (C=O) groups is 1. The van der Waals surface area contributed by atoms with Gasteiger partial charge in [0.25, 0.3) is 5.91 Å². The molecular weight excluding hydrogens is 433 g/mol. The van der Waals surface area contributed by atoms with E-state index in [2.05, 4.69) is 37.2 Å². The molecule has 1 amide bonds. The number of rotatable bonds is 1. The highest BCUT2D eigenvalue weighted by Crippen LogP contribution is 2.43. The van der Waals surface area contributed by atoms with Gasteiger partial charge in [-0.25, -0.2) is 0 Å². The maximum atomic E-state index is 12.3. The maximum absolute atomic E-state index is 12.3. The Hall–Kier alpha value is -1.30. The Kier molecular flexibility index (Phi) is 4.05. The van der Waals surface area contributed by atoms with Gasteiger partial charge < -0.3 is 10.4 Å². The molecular formula is C16H10Br2ClNO2. The van der Waals surface area contributed by atoms with Gasteiger partial charge in [0, 0.05) is 20.1 Å². The van der Waals surface area contributed by atoms with Crippen LogP contribution in [-0.2, 0) is 4.79 Å². The van der Waals surface area contributed by atoms with Crippen molar-refractivity contribution in [3.05, 3.63) is 54.9 Å². The molecule has 0 saturated heterocycles. The fraction of sp³-hybridized carbons (Fsp3) is 0.0625. The van der Waals surface area contributed by atoms with E-state index in [1.807, 2.05) is 13.0 Å². The van der Waals surface area contributed by atoms with Crippen LogP contribution < -0.4 is 5.32 Å². The van der Waals surface area contributed by atoms with Gasteiger partial charge >= 0.3 is 0 Å². The number of nitrogens with one attached hydrogen (secondary N) is 1. The molecule has 112 valence electrons.